The van der Waals surface area contributed by atoms with E-state index in [9.17, 15) is 0 Å². The summed E-state index contributed by atoms with van der Waals surface area (Å²) in [4.78, 5) is 3.36. The van der Waals surface area contributed by atoms with E-state index >= 15 is 0 Å². The molecular formula is C14H18N2. The van der Waals surface area contributed by atoms with Crippen molar-refractivity contribution in [2.45, 2.75) is 32.2 Å². The Labute approximate surface area is 95.8 Å². The summed E-state index contributed by atoms with van der Waals surface area (Å²) in [7, 11) is 0. The maximum absolute atomic E-state index is 6.34. The Kier molecular flexibility index (Phi) is 2.25. The summed E-state index contributed by atoms with van der Waals surface area (Å²) in [6, 6.07) is 6.64. The molecule has 84 valence electrons. The average molecular weight is 214 g/mol. The van der Waals surface area contributed by atoms with Crippen molar-refractivity contribution in [3.8, 4) is 0 Å². The highest BCUT2D eigenvalue weighted by Gasteiger charge is 2.27. The minimum atomic E-state index is 0.212. The lowest BCUT2D eigenvalue weighted by molar-refractivity contribution is 0.265. The zero-order chi connectivity index (χ0) is 11.1. The molecule has 0 aliphatic heterocycles. The lowest BCUT2D eigenvalue weighted by Gasteiger charge is -2.31. The van der Waals surface area contributed by atoms with E-state index in [4.69, 9.17) is 5.73 Å². The van der Waals surface area contributed by atoms with Crippen molar-refractivity contribution in [1.29, 1.82) is 0 Å². The predicted octanol–water partition coefficient (Wildman–Crippen LogP) is 3.28. The molecule has 2 aromatic rings. The molecule has 1 aromatic heterocycles. The van der Waals surface area contributed by atoms with Crippen molar-refractivity contribution >= 4 is 10.9 Å². The Morgan fingerprint density at radius 3 is 2.88 bits per heavy atom. The van der Waals surface area contributed by atoms with Crippen LogP contribution >= 0.6 is 0 Å². The monoisotopic (exact) mass is 214 g/mol. The molecule has 1 fully saturated rings. The molecule has 0 radical (unpaired) electrons. The van der Waals surface area contributed by atoms with Gasteiger partial charge >= 0.3 is 0 Å². The molecule has 0 spiro atoms. The molecule has 3 rings (SSSR count). The number of fused-ring (bicyclic) bond motifs is 1. The number of rotatable bonds is 2. The molecule has 2 nitrogen and oxygen atoms in total. The number of aromatic amines is 1. The first-order chi connectivity index (χ1) is 7.77. The van der Waals surface area contributed by atoms with Gasteiger partial charge in [0.2, 0.25) is 0 Å². The molecule has 1 saturated carbocycles. The van der Waals surface area contributed by atoms with Gasteiger partial charge in [0.1, 0.15) is 0 Å². The number of para-hydroxylation sites is 1. The number of nitrogens with two attached hydrogens (primary N) is 1. The van der Waals surface area contributed by atoms with Gasteiger partial charge in [0.05, 0.1) is 0 Å². The molecule has 1 aromatic carbocycles. The zero-order valence-corrected chi connectivity index (χ0v) is 9.66. The Balaban J connectivity index is 2.06. The normalized spacial score (nSPS) is 18.6. The third kappa shape index (κ3) is 1.37. The van der Waals surface area contributed by atoms with E-state index in [1.54, 1.807) is 0 Å². The number of hydrogen-bond donors (Lipinski definition) is 2. The van der Waals surface area contributed by atoms with Crippen molar-refractivity contribution in [3.63, 3.8) is 0 Å². The molecule has 1 heterocycles. The van der Waals surface area contributed by atoms with Gasteiger partial charge in [-0.2, -0.15) is 0 Å². The predicted molar refractivity (Wildman–Crippen MR) is 67.3 cm³/mol. The smallest absolute Gasteiger partial charge is 0.0487 e. The van der Waals surface area contributed by atoms with Crippen LogP contribution in [0.5, 0.6) is 0 Å². The summed E-state index contributed by atoms with van der Waals surface area (Å²) in [5.41, 5.74) is 10.2. The summed E-state index contributed by atoms with van der Waals surface area (Å²) < 4.78 is 0. The first kappa shape index (κ1) is 9.91. The quantitative estimate of drug-likeness (QED) is 0.791. The van der Waals surface area contributed by atoms with Gasteiger partial charge < -0.3 is 10.7 Å². The standard InChI is InChI=1S/C14H18N2/c1-9-4-2-7-11-12(8-16-14(9)11)13(15)10-5-3-6-10/h2,4,7-8,10,13,16H,3,5-6,15H2,1H3. The van der Waals surface area contributed by atoms with E-state index in [-0.39, 0.29) is 6.04 Å². The van der Waals surface area contributed by atoms with Crippen LogP contribution in [0.15, 0.2) is 24.4 Å². The molecule has 1 aliphatic rings. The van der Waals surface area contributed by atoms with Gasteiger partial charge in [0, 0.05) is 23.1 Å². The SMILES string of the molecule is Cc1cccc2c(C(N)C3CCC3)c[nH]c12. The van der Waals surface area contributed by atoms with Crippen LogP contribution in [0.25, 0.3) is 10.9 Å². The van der Waals surface area contributed by atoms with Crippen LogP contribution in [0, 0.1) is 12.8 Å². The van der Waals surface area contributed by atoms with Gasteiger partial charge in [-0.05, 0) is 36.8 Å². The van der Waals surface area contributed by atoms with Crippen molar-refractivity contribution in [3.05, 3.63) is 35.5 Å². The molecule has 1 unspecified atom stereocenters. The minimum absolute atomic E-state index is 0.212. The highest BCUT2D eigenvalue weighted by molar-refractivity contribution is 5.86. The Morgan fingerprint density at radius 1 is 1.38 bits per heavy atom. The fourth-order valence-electron chi connectivity index (χ4n) is 2.66. The number of aromatic nitrogens is 1. The second-order valence-corrected chi connectivity index (χ2v) is 4.96. The van der Waals surface area contributed by atoms with Gasteiger partial charge in [-0.1, -0.05) is 24.6 Å². The summed E-state index contributed by atoms with van der Waals surface area (Å²) in [5.74, 6) is 0.694. The second-order valence-electron chi connectivity index (χ2n) is 4.96. The van der Waals surface area contributed by atoms with Crippen molar-refractivity contribution in [2.75, 3.05) is 0 Å². The molecule has 0 bridgehead atoms. The summed E-state index contributed by atoms with van der Waals surface area (Å²) in [6.45, 7) is 2.14. The van der Waals surface area contributed by atoms with Gasteiger partial charge in [0.25, 0.3) is 0 Å². The van der Waals surface area contributed by atoms with Crippen LogP contribution in [0.4, 0.5) is 0 Å². The van der Waals surface area contributed by atoms with Crippen molar-refractivity contribution in [1.82, 2.24) is 4.98 Å². The van der Waals surface area contributed by atoms with E-state index in [0.717, 1.165) is 0 Å². The number of nitrogens with one attached hydrogen (secondary N) is 1. The number of hydrogen-bond acceptors (Lipinski definition) is 1. The lowest BCUT2D eigenvalue weighted by Crippen LogP contribution is -2.26. The molecule has 2 heteroatoms. The largest absolute Gasteiger partial charge is 0.361 e. The van der Waals surface area contributed by atoms with E-state index in [2.05, 4.69) is 36.3 Å². The summed E-state index contributed by atoms with van der Waals surface area (Å²) >= 11 is 0. The van der Waals surface area contributed by atoms with Crippen LogP contribution in [0.3, 0.4) is 0 Å². The highest BCUT2D eigenvalue weighted by Crippen LogP contribution is 2.38. The van der Waals surface area contributed by atoms with E-state index in [1.165, 1.54) is 41.3 Å². The van der Waals surface area contributed by atoms with Gasteiger partial charge in [-0.25, -0.2) is 0 Å². The number of benzene rings is 1. The maximum atomic E-state index is 6.34. The minimum Gasteiger partial charge on any atom is -0.361 e. The fraction of sp³-hybridized carbons (Fsp3) is 0.429. The molecule has 0 saturated heterocycles. The van der Waals surface area contributed by atoms with Crippen LogP contribution in [-0.2, 0) is 0 Å². The van der Waals surface area contributed by atoms with E-state index in [0.29, 0.717) is 5.92 Å². The van der Waals surface area contributed by atoms with Gasteiger partial charge in [-0.3, -0.25) is 0 Å². The van der Waals surface area contributed by atoms with E-state index in [1.807, 2.05) is 0 Å². The highest BCUT2D eigenvalue weighted by atomic mass is 14.7. The second kappa shape index (κ2) is 3.63. The van der Waals surface area contributed by atoms with Crippen LogP contribution in [0.2, 0.25) is 0 Å². The number of aryl methyl sites for hydroxylation is 1. The van der Waals surface area contributed by atoms with E-state index < -0.39 is 0 Å². The molecule has 0 amide bonds. The summed E-state index contributed by atoms with van der Waals surface area (Å²) in [5, 5.41) is 1.31. The maximum Gasteiger partial charge on any atom is 0.0487 e. The first-order valence-corrected chi connectivity index (χ1v) is 6.09. The number of H-pyrrole nitrogens is 1. The molecule has 3 N–H and O–H groups in total. The van der Waals surface area contributed by atoms with Crippen LogP contribution in [-0.4, -0.2) is 4.98 Å². The van der Waals surface area contributed by atoms with Gasteiger partial charge in [-0.15, -0.1) is 0 Å². The Bertz CT molecular complexity index is 508. The molecule has 1 aliphatic carbocycles. The Hall–Kier alpha value is -1.28. The zero-order valence-electron chi connectivity index (χ0n) is 9.66. The lowest BCUT2D eigenvalue weighted by atomic mass is 9.77. The molecular weight excluding hydrogens is 196 g/mol. The molecule has 1 atom stereocenters. The van der Waals surface area contributed by atoms with Crippen LogP contribution in [0.1, 0.15) is 36.4 Å². The third-order valence-corrected chi connectivity index (χ3v) is 3.97. The summed E-state index contributed by atoms with van der Waals surface area (Å²) in [6.07, 6.45) is 6.03. The van der Waals surface area contributed by atoms with Crippen molar-refractivity contribution < 1.29 is 0 Å². The van der Waals surface area contributed by atoms with Crippen molar-refractivity contribution in [2.24, 2.45) is 11.7 Å². The first-order valence-electron chi connectivity index (χ1n) is 6.09. The molecule has 16 heavy (non-hydrogen) atoms. The van der Waals surface area contributed by atoms with Crippen LogP contribution < -0.4 is 5.73 Å². The van der Waals surface area contributed by atoms with Gasteiger partial charge in [0.15, 0.2) is 0 Å². The fourth-order valence-corrected chi connectivity index (χ4v) is 2.66. The Morgan fingerprint density at radius 2 is 2.19 bits per heavy atom. The third-order valence-electron chi connectivity index (χ3n) is 3.97. The topological polar surface area (TPSA) is 41.8 Å². The average Bonchev–Trinajstić information content (AvgIpc) is 2.59.